The number of benzene rings is 2. The second-order valence-corrected chi connectivity index (χ2v) is 9.21. The number of carbonyl (C=O) groups excluding carboxylic acids is 1. The van der Waals surface area contributed by atoms with Gasteiger partial charge in [0.2, 0.25) is 0 Å². The van der Waals surface area contributed by atoms with E-state index in [4.69, 9.17) is 0 Å². The monoisotopic (exact) mass is 371 g/mol. The Hall–Kier alpha value is -1.39. The molecule has 1 aliphatic heterocycles. The molecule has 1 amide bonds. The van der Waals surface area contributed by atoms with Crippen LogP contribution >= 0.6 is 23.5 Å². The molecule has 0 aromatic heterocycles. The van der Waals surface area contributed by atoms with Gasteiger partial charge >= 0.3 is 0 Å². The van der Waals surface area contributed by atoms with E-state index >= 15 is 0 Å². The van der Waals surface area contributed by atoms with Crippen molar-refractivity contribution in [2.24, 2.45) is 0 Å². The minimum atomic E-state index is 0.0268. The van der Waals surface area contributed by atoms with Crippen molar-refractivity contribution in [1.29, 1.82) is 0 Å². The van der Waals surface area contributed by atoms with Crippen LogP contribution in [0.1, 0.15) is 43.6 Å². The van der Waals surface area contributed by atoms with Crippen molar-refractivity contribution < 1.29 is 4.79 Å². The highest BCUT2D eigenvalue weighted by atomic mass is 32.2. The number of hydrogen-bond acceptors (Lipinski definition) is 3. The van der Waals surface area contributed by atoms with Crippen LogP contribution in [0, 0.1) is 13.8 Å². The van der Waals surface area contributed by atoms with Gasteiger partial charge in [0.05, 0.1) is 4.58 Å². The summed E-state index contributed by atoms with van der Waals surface area (Å²) in [7, 11) is 0. The molecule has 3 rings (SSSR count). The number of carbonyl (C=O) groups is 1. The summed E-state index contributed by atoms with van der Waals surface area (Å²) in [5.74, 6) is 2.47. The second-order valence-electron chi connectivity index (χ2n) is 6.48. The maximum absolute atomic E-state index is 12.3. The highest BCUT2D eigenvalue weighted by molar-refractivity contribution is 8.19. The summed E-state index contributed by atoms with van der Waals surface area (Å²) >= 11 is 3.98. The number of hydrogen-bond donors (Lipinski definition) is 1. The fraction of sp³-hybridized carbons (Fsp3) is 0.381. The molecule has 2 nitrogen and oxygen atoms in total. The van der Waals surface area contributed by atoms with Crippen molar-refractivity contribution in [1.82, 2.24) is 5.32 Å². The lowest BCUT2D eigenvalue weighted by atomic mass is 10.0. The summed E-state index contributed by atoms with van der Waals surface area (Å²) in [6, 6.07) is 14.7. The zero-order valence-electron chi connectivity index (χ0n) is 14.9. The molecule has 1 heterocycles. The zero-order chi connectivity index (χ0) is 17.6. The topological polar surface area (TPSA) is 29.1 Å². The Bertz CT molecular complexity index is 721. The highest BCUT2D eigenvalue weighted by Crippen LogP contribution is 2.45. The van der Waals surface area contributed by atoms with E-state index in [0.717, 1.165) is 18.4 Å². The van der Waals surface area contributed by atoms with Gasteiger partial charge in [-0.3, -0.25) is 4.79 Å². The molecular weight excluding hydrogens is 346 g/mol. The van der Waals surface area contributed by atoms with E-state index in [1.54, 1.807) is 0 Å². The number of amides is 1. The summed E-state index contributed by atoms with van der Waals surface area (Å²) in [6.45, 7) is 4.98. The summed E-state index contributed by atoms with van der Waals surface area (Å²) in [5, 5.41) is 3.04. The van der Waals surface area contributed by atoms with Crippen LogP contribution in [0.3, 0.4) is 0 Å². The van der Waals surface area contributed by atoms with Crippen LogP contribution in [0.2, 0.25) is 0 Å². The minimum absolute atomic E-state index is 0.0268. The van der Waals surface area contributed by atoms with Gasteiger partial charge in [-0.15, -0.1) is 23.5 Å². The van der Waals surface area contributed by atoms with Crippen LogP contribution in [0.15, 0.2) is 42.5 Å². The zero-order valence-corrected chi connectivity index (χ0v) is 16.5. The van der Waals surface area contributed by atoms with Gasteiger partial charge in [-0.1, -0.05) is 35.9 Å². The molecule has 132 valence electrons. The Balaban J connectivity index is 1.45. The molecule has 0 bridgehead atoms. The Morgan fingerprint density at radius 1 is 1.08 bits per heavy atom. The highest BCUT2D eigenvalue weighted by Gasteiger charge is 2.18. The average Bonchev–Trinajstić information content (AvgIpc) is 3.15. The van der Waals surface area contributed by atoms with Gasteiger partial charge in [-0.25, -0.2) is 0 Å². The lowest BCUT2D eigenvalue weighted by Gasteiger charge is -2.10. The molecule has 1 fully saturated rings. The number of aryl methyl sites for hydroxylation is 3. The van der Waals surface area contributed by atoms with Crippen LogP contribution in [0.25, 0.3) is 0 Å². The van der Waals surface area contributed by atoms with Gasteiger partial charge in [-0.2, -0.15) is 0 Å². The summed E-state index contributed by atoms with van der Waals surface area (Å²) in [5.41, 5.74) is 6.08. The first-order chi connectivity index (χ1) is 12.1. The smallest absolute Gasteiger partial charge is 0.251 e. The van der Waals surface area contributed by atoms with E-state index in [2.05, 4.69) is 49.5 Å². The molecule has 1 N–H and O–H groups in total. The third-order valence-corrected chi connectivity index (χ3v) is 7.58. The van der Waals surface area contributed by atoms with Gasteiger partial charge in [0.25, 0.3) is 5.91 Å². The standard InChI is InChI=1S/C21H25NOS2/c1-15-5-6-17(16(2)14-15)4-3-11-22-20(23)18-7-9-19(10-8-18)21-24-12-13-25-21/h5-10,14,21H,3-4,11-13H2,1-2H3,(H,22,23). The van der Waals surface area contributed by atoms with Gasteiger partial charge in [0.1, 0.15) is 0 Å². The molecule has 0 saturated carbocycles. The van der Waals surface area contributed by atoms with Crippen LogP contribution in [0.4, 0.5) is 0 Å². The first-order valence-electron chi connectivity index (χ1n) is 8.81. The molecule has 4 heteroatoms. The molecular formula is C21H25NOS2. The first kappa shape index (κ1) is 18.4. The maximum Gasteiger partial charge on any atom is 0.251 e. The molecule has 25 heavy (non-hydrogen) atoms. The van der Waals surface area contributed by atoms with Crippen LogP contribution < -0.4 is 5.32 Å². The molecule has 0 aliphatic carbocycles. The van der Waals surface area contributed by atoms with E-state index < -0.39 is 0 Å². The summed E-state index contributed by atoms with van der Waals surface area (Å²) in [4.78, 5) is 12.3. The third-order valence-electron chi connectivity index (χ3n) is 4.47. The van der Waals surface area contributed by atoms with E-state index in [1.807, 2.05) is 35.7 Å². The van der Waals surface area contributed by atoms with Crippen molar-refractivity contribution in [3.63, 3.8) is 0 Å². The third kappa shape index (κ3) is 5.05. The van der Waals surface area contributed by atoms with Crippen LogP contribution in [-0.2, 0) is 6.42 Å². The summed E-state index contributed by atoms with van der Waals surface area (Å²) < 4.78 is 0.537. The molecule has 0 unspecified atom stereocenters. The normalized spacial score (nSPS) is 14.6. The summed E-state index contributed by atoms with van der Waals surface area (Å²) in [6.07, 6.45) is 1.96. The van der Waals surface area contributed by atoms with E-state index in [-0.39, 0.29) is 5.91 Å². The average molecular weight is 372 g/mol. The number of rotatable bonds is 6. The largest absolute Gasteiger partial charge is 0.352 e. The number of thioether (sulfide) groups is 2. The Labute approximate surface area is 159 Å². The van der Waals surface area contributed by atoms with E-state index in [9.17, 15) is 4.79 Å². The van der Waals surface area contributed by atoms with Crippen molar-refractivity contribution >= 4 is 29.4 Å². The SMILES string of the molecule is Cc1ccc(CCCNC(=O)c2ccc(C3SCCS3)cc2)c(C)c1. The fourth-order valence-electron chi connectivity index (χ4n) is 3.05. The molecule has 2 aromatic rings. The van der Waals surface area contributed by atoms with Crippen molar-refractivity contribution in [3.8, 4) is 0 Å². The maximum atomic E-state index is 12.3. The predicted molar refractivity (Wildman–Crippen MR) is 111 cm³/mol. The fourth-order valence-corrected chi connectivity index (χ4v) is 5.91. The molecule has 1 saturated heterocycles. The lowest BCUT2D eigenvalue weighted by Crippen LogP contribution is -2.24. The second kappa shape index (κ2) is 8.81. The van der Waals surface area contributed by atoms with Gasteiger partial charge in [0.15, 0.2) is 0 Å². The Kier molecular flexibility index (Phi) is 6.49. The molecule has 0 spiro atoms. The Morgan fingerprint density at radius 3 is 2.48 bits per heavy atom. The predicted octanol–water partition coefficient (Wildman–Crippen LogP) is 5.14. The van der Waals surface area contributed by atoms with Gasteiger partial charge < -0.3 is 5.32 Å². The molecule has 2 aromatic carbocycles. The van der Waals surface area contributed by atoms with Crippen molar-refractivity contribution in [3.05, 3.63) is 70.3 Å². The molecule has 0 radical (unpaired) electrons. The van der Waals surface area contributed by atoms with Gasteiger partial charge in [0, 0.05) is 23.6 Å². The van der Waals surface area contributed by atoms with Gasteiger partial charge in [-0.05, 0) is 55.5 Å². The van der Waals surface area contributed by atoms with Crippen LogP contribution in [0.5, 0.6) is 0 Å². The quantitative estimate of drug-likeness (QED) is 0.713. The molecule has 0 atom stereocenters. The van der Waals surface area contributed by atoms with Crippen LogP contribution in [-0.4, -0.2) is 24.0 Å². The van der Waals surface area contributed by atoms with E-state index in [1.165, 1.54) is 33.8 Å². The van der Waals surface area contributed by atoms with Crippen molar-refractivity contribution in [2.75, 3.05) is 18.1 Å². The molecule has 1 aliphatic rings. The van der Waals surface area contributed by atoms with Crippen molar-refractivity contribution in [2.45, 2.75) is 31.3 Å². The van der Waals surface area contributed by atoms with E-state index in [0.29, 0.717) is 11.1 Å². The Morgan fingerprint density at radius 2 is 1.80 bits per heavy atom. The minimum Gasteiger partial charge on any atom is -0.352 e. The number of nitrogens with one attached hydrogen (secondary N) is 1. The lowest BCUT2D eigenvalue weighted by molar-refractivity contribution is 0.0953. The first-order valence-corrected chi connectivity index (χ1v) is 10.9.